The molecule has 0 spiro atoms. The standard InChI is InChI=1S/C52H50F6O2S2/c1-27-21-31(22-28(2)43(27)59-11)39-25-37-41-42(51(55,56)52(57,58)50(41,53)54)38-26-40(32-23-29(3)44(60-12)30(4)24-32)62-46(38)49(45(37)61-39,35-17-13-33(14-18-35)47(5,6)7)36-19-15-34(16-20-36)48(8,9)10/h13-26H,1-12H3. The Labute approximate surface area is 368 Å². The molecule has 8 rings (SSSR count). The van der Waals surface area contributed by atoms with Gasteiger partial charge in [0.1, 0.15) is 11.5 Å². The minimum Gasteiger partial charge on any atom is -0.496 e. The third-order valence-corrected chi connectivity index (χ3v) is 15.2. The van der Waals surface area contributed by atoms with Crippen molar-refractivity contribution < 1.29 is 35.8 Å². The number of allylic oxidation sites excluding steroid dienone is 2. The van der Waals surface area contributed by atoms with Gasteiger partial charge in [0.2, 0.25) is 0 Å². The Bertz CT molecular complexity index is 2560. The summed E-state index contributed by atoms with van der Waals surface area (Å²) in [6, 6.07) is 26.0. The Balaban J connectivity index is 1.60. The average Bonchev–Trinajstić information content (AvgIpc) is 3.83. The van der Waals surface area contributed by atoms with E-state index in [1.807, 2.05) is 100 Å². The number of hydrogen-bond acceptors (Lipinski definition) is 4. The molecule has 0 fully saturated rings. The Morgan fingerprint density at radius 1 is 0.468 bits per heavy atom. The number of rotatable bonds is 6. The first-order valence-corrected chi connectivity index (χ1v) is 22.2. The van der Waals surface area contributed by atoms with Gasteiger partial charge in [0.25, 0.3) is 0 Å². The average molecular weight is 885 g/mol. The highest BCUT2D eigenvalue weighted by atomic mass is 32.1. The number of thiophene rings is 2. The molecule has 0 saturated heterocycles. The van der Waals surface area contributed by atoms with Gasteiger partial charge in [-0.3, -0.25) is 0 Å². The maximum absolute atomic E-state index is 17.0. The van der Waals surface area contributed by atoms with Crippen molar-refractivity contribution in [2.45, 2.75) is 103 Å². The van der Waals surface area contributed by atoms with Gasteiger partial charge in [-0.15, -0.1) is 22.7 Å². The molecular weight excluding hydrogens is 835 g/mol. The molecule has 0 atom stereocenters. The molecule has 0 N–H and O–H groups in total. The number of benzene rings is 4. The summed E-state index contributed by atoms with van der Waals surface area (Å²) in [5, 5.41) is 0. The summed E-state index contributed by atoms with van der Waals surface area (Å²) in [6.45, 7) is 19.9. The summed E-state index contributed by atoms with van der Waals surface area (Å²) in [5.41, 5.74) is 2.16. The minimum absolute atomic E-state index is 0.251. The molecule has 62 heavy (non-hydrogen) atoms. The lowest BCUT2D eigenvalue weighted by molar-refractivity contribution is -0.254. The van der Waals surface area contributed by atoms with E-state index in [1.165, 1.54) is 34.8 Å². The minimum atomic E-state index is -5.73. The molecule has 2 nitrogen and oxygen atoms in total. The fourth-order valence-electron chi connectivity index (χ4n) is 9.49. The molecule has 2 aliphatic carbocycles. The Morgan fingerprint density at radius 3 is 1.05 bits per heavy atom. The second kappa shape index (κ2) is 14.4. The third kappa shape index (κ3) is 6.24. The number of halogens is 6. The number of hydrogen-bond donors (Lipinski definition) is 0. The summed E-state index contributed by atoms with van der Waals surface area (Å²) >= 11 is 2.34. The number of ether oxygens (including phenoxy) is 2. The van der Waals surface area contributed by atoms with E-state index >= 15 is 26.3 Å². The van der Waals surface area contributed by atoms with Crippen LogP contribution in [-0.2, 0) is 16.2 Å². The summed E-state index contributed by atoms with van der Waals surface area (Å²) in [4.78, 5) is 1.43. The molecule has 324 valence electrons. The lowest BCUT2D eigenvalue weighted by Crippen LogP contribution is -2.49. The first kappa shape index (κ1) is 43.8. The third-order valence-electron chi connectivity index (χ3n) is 12.6. The molecule has 2 heterocycles. The van der Waals surface area contributed by atoms with Crippen LogP contribution in [0.25, 0.3) is 32.0 Å². The van der Waals surface area contributed by atoms with Gasteiger partial charge < -0.3 is 9.47 Å². The summed E-state index contributed by atoms with van der Waals surface area (Å²) in [6.07, 6.45) is 0. The van der Waals surface area contributed by atoms with E-state index in [2.05, 4.69) is 41.5 Å². The van der Waals surface area contributed by atoms with Crippen LogP contribution in [0.15, 0.2) is 84.9 Å². The van der Waals surface area contributed by atoms with Gasteiger partial charge in [-0.25, -0.2) is 0 Å². The highest BCUT2D eigenvalue weighted by molar-refractivity contribution is 7.18. The Kier molecular flexibility index (Phi) is 10.2. The second-order valence-corrected chi connectivity index (χ2v) is 21.0. The fourth-order valence-corrected chi connectivity index (χ4v) is 12.3. The van der Waals surface area contributed by atoms with Crippen molar-refractivity contribution >= 4 is 33.8 Å². The number of fused-ring (bicyclic) bond motifs is 4. The molecule has 2 aliphatic rings. The van der Waals surface area contributed by atoms with Crippen LogP contribution in [0.4, 0.5) is 26.3 Å². The molecule has 0 aliphatic heterocycles. The molecular formula is C52H50F6O2S2. The van der Waals surface area contributed by atoms with E-state index in [0.29, 0.717) is 43.5 Å². The zero-order chi connectivity index (χ0) is 45.3. The van der Waals surface area contributed by atoms with Crippen molar-refractivity contribution in [1.82, 2.24) is 0 Å². The highest BCUT2D eigenvalue weighted by Gasteiger charge is 2.81. The van der Waals surface area contributed by atoms with Crippen LogP contribution in [0, 0.1) is 27.7 Å². The lowest BCUT2D eigenvalue weighted by Gasteiger charge is -2.37. The van der Waals surface area contributed by atoms with E-state index in [-0.39, 0.29) is 31.7 Å². The van der Waals surface area contributed by atoms with Crippen molar-refractivity contribution in [2.75, 3.05) is 14.2 Å². The van der Waals surface area contributed by atoms with Crippen LogP contribution in [0.3, 0.4) is 0 Å². The normalized spacial score (nSPS) is 17.3. The lowest BCUT2D eigenvalue weighted by atomic mass is 9.69. The van der Waals surface area contributed by atoms with Gasteiger partial charge in [-0.05, 0) is 131 Å². The SMILES string of the molecule is COc1c(C)cc(-c2cc3c(s2)C(c2ccc(C(C)(C)C)cc2)(c2ccc(C(C)(C)C)cc2)c2sc(-c4cc(C)c(OC)c(C)c4)cc2C2=C3C(F)(F)C(F)(F)C2(F)F)cc1C. The van der Waals surface area contributed by atoms with Crippen LogP contribution >= 0.6 is 22.7 Å². The molecule has 10 heteroatoms. The number of alkyl halides is 6. The van der Waals surface area contributed by atoms with Crippen molar-refractivity contribution in [3.63, 3.8) is 0 Å². The van der Waals surface area contributed by atoms with Crippen LogP contribution in [-0.4, -0.2) is 32.0 Å². The van der Waals surface area contributed by atoms with Crippen LogP contribution in [0.5, 0.6) is 11.5 Å². The van der Waals surface area contributed by atoms with Crippen molar-refractivity contribution in [2.24, 2.45) is 0 Å². The first-order valence-electron chi connectivity index (χ1n) is 20.5. The van der Waals surface area contributed by atoms with Gasteiger partial charge in [0, 0.05) is 41.8 Å². The predicted molar refractivity (Wildman–Crippen MR) is 242 cm³/mol. The van der Waals surface area contributed by atoms with E-state index in [1.54, 1.807) is 14.2 Å². The van der Waals surface area contributed by atoms with Gasteiger partial charge in [-0.1, -0.05) is 90.1 Å². The fraction of sp³-hybridized carbons (Fsp3) is 0.346. The predicted octanol–water partition coefficient (Wildman–Crippen LogP) is 15.5. The zero-order valence-corrected chi connectivity index (χ0v) is 38.6. The van der Waals surface area contributed by atoms with Crippen molar-refractivity contribution in [1.29, 1.82) is 0 Å². The van der Waals surface area contributed by atoms with E-state index in [9.17, 15) is 0 Å². The zero-order valence-electron chi connectivity index (χ0n) is 37.0. The van der Waals surface area contributed by atoms with Gasteiger partial charge in [-0.2, -0.15) is 26.3 Å². The molecule has 0 unspecified atom stereocenters. The van der Waals surface area contributed by atoms with Crippen LogP contribution in [0.2, 0.25) is 0 Å². The van der Waals surface area contributed by atoms with E-state index in [0.717, 1.165) is 33.4 Å². The quantitative estimate of drug-likeness (QED) is 0.155. The Morgan fingerprint density at radius 2 is 0.774 bits per heavy atom. The molecule has 4 aromatic carbocycles. The monoisotopic (exact) mass is 884 g/mol. The van der Waals surface area contributed by atoms with E-state index < -0.39 is 34.3 Å². The number of methoxy groups -OCH3 is 2. The molecule has 2 aromatic heterocycles. The maximum Gasteiger partial charge on any atom is 0.380 e. The van der Waals surface area contributed by atoms with Crippen molar-refractivity contribution in [3.8, 4) is 32.4 Å². The second-order valence-electron chi connectivity index (χ2n) is 18.9. The number of aryl methyl sites for hydroxylation is 4. The molecule has 0 saturated carbocycles. The molecule has 0 amide bonds. The van der Waals surface area contributed by atoms with Crippen LogP contribution < -0.4 is 9.47 Å². The molecule has 0 radical (unpaired) electrons. The van der Waals surface area contributed by atoms with Gasteiger partial charge in [0.15, 0.2) is 0 Å². The summed E-state index contributed by atoms with van der Waals surface area (Å²) < 4.78 is 111. The van der Waals surface area contributed by atoms with E-state index in [4.69, 9.17) is 9.47 Å². The smallest absolute Gasteiger partial charge is 0.380 e. The van der Waals surface area contributed by atoms with Crippen LogP contribution in [0.1, 0.15) is 107 Å². The molecule has 0 bridgehead atoms. The highest BCUT2D eigenvalue weighted by Crippen LogP contribution is 2.70. The largest absolute Gasteiger partial charge is 0.496 e. The van der Waals surface area contributed by atoms with Gasteiger partial charge in [0.05, 0.1) is 19.6 Å². The summed E-state index contributed by atoms with van der Waals surface area (Å²) in [5.74, 6) is -14.9. The Hall–Kier alpha value is -4.80. The summed E-state index contributed by atoms with van der Waals surface area (Å²) in [7, 11) is 3.12. The maximum atomic E-state index is 17.0. The van der Waals surface area contributed by atoms with Crippen molar-refractivity contribution in [3.05, 3.63) is 150 Å². The first-order chi connectivity index (χ1) is 28.8. The topological polar surface area (TPSA) is 18.5 Å². The van der Waals surface area contributed by atoms with Gasteiger partial charge >= 0.3 is 17.8 Å². The molecule has 6 aromatic rings.